The van der Waals surface area contributed by atoms with E-state index in [2.05, 4.69) is 15.9 Å². The lowest BCUT2D eigenvalue weighted by molar-refractivity contribution is -0.384. The van der Waals surface area contributed by atoms with E-state index in [1.54, 1.807) is 24.3 Å². The molecule has 164 valence electrons. The molecule has 8 nitrogen and oxygen atoms in total. The molecule has 2 aliphatic carbocycles. The van der Waals surface area contributed by atoms with Crippen LogP contribution in [0.5, 0.6) is 5.75 Å². The molecule has 32 heavy (non-hydrogen) atoms. The number of hydrogen-bond donors (Lipinski definition) is 0. The normalized spacial score (nSPS) is 25.8. The van der Waals surface area contributed by atoms with E-state index in [4.69, 9.17) is 4.74 Å². The number of halogens is 1. The Kier molecular flexibility index (Phi) is 5.08. The van der Waals surface area contributed by atoms with Crippen LogP contribution in [0.1, 0.15) is 29.6 Å². The van der Waals surface area contributed by atoms with Gasteiger partial charge in [0.2, 0.25) is 11.8 Å². The highest BCUT2D eigenvalue weighted by Crippen LogP contribution is 2.57. The third-order valence-corrected chi connectivity index (χ3v) is 7.38. The zero-order valence-corrected chi connectivity index (χ0v) is 18.5. The number of hydrogen-bond acceptors (Lipinski definition) is 6. The lowest BCUT2D eigenvalue weighted by atomic mass is 9.81. The molecule has 1 aliphatic heterocycles. The number of non-ortho nitro benzene ring substituents is 1. The Labute approximate surface area is 191 Å². The van der Waals surface area contributed by atoms with Crippen molar-refractivity contribution in [3.63, 3.8) is 0 Å². The van der Waals surface area contributed by atoms with Gasteiger partial charge in [0.15, 0.2) is 18.1 Å². The summed E-state index contributed by atoms with van der Waals surface area (Å²) in [6.07, 6.45) is 2.81. The van der Waals surface area contributed by atoms with Crippen molar-refractivity contribution in [2.75, 3.05) is 11.5 Å². The van der Waals surface area contributed by atoms with E-state index in [1.807, 2.05) is 0 Å². The fraction of sp³-hybridized carbons (Fsp3) is 0.348. The van der Waals surface area contributed by atoms with Crippen molar-refractivity contribution >= 4 is 44.9 Å². The van der Waals surface area contributed by atoms with Crippen molar-refractivity contribution in [1.29, 1.82) is 0 Å². The van der Waals surface area contributed by atoms with E-state index in [-0.39, 0.29) is 65.0 Å². The van der Waals surface area contributed by atoms with Crippen LogP contribution < -0.4 is 9.64 Å². The summed E-state index contributed by atoms with van der Waals surface area (Å²) in [5.74, 6) is -1.12. The van der Waals surface area contributed by atoms with Gasteiger partial charge in [0, 0.05) is 16.1 Å². The van der Waals surface area contributed by atoms with Crippen LogP contribution in [0.25, 0.3) is 0 Å². The number of anilines is 1. The van der Waals surface area contributed by atoms with Gasteiger partial charge in [-0.1, -0.05) is 28.1 Å². The number of nitrogens with zero attached hydrogens (tertiary/aromatic N) is 2. The Hall–Kier alpha value is -3.07. The first-order chi connectivity index (χ1) is 15.3. The first-order valence-electron chi connectivity index (χ1n) is 10.4. The fourth-order valence-corrected chi connectivity index (χ4v) is 5.69. The quantitative estimate of drug-likeness (QED) is 0.256. The Morgan fingerprint density at radius 3 is 2.28 bits per heavy atom. The number of imide groups is 1. The molecule has 2 aromatic rings. The average Bonchev–Trinajstić information content (AvgIpc) is 3.46. The second-order valence-corrected chi connectivity index (χ2v) is 9.44. The predicted octanol–water partition coefficient (Wildman–Crippen LogP) is 4.15. The maximum Gasteiger partial charge on any atom is 0.273 e. The minimum absolute atomic E-state index is 0.0290. The van der Waals surface area contributed by atoms with Gasteiger partial charge in [0.1, 0.15) is 0 Å². The molecule has 0 radical (unpaired) electrons. The molecular weight excluding hydrogens is 480 g/mol. The average molecular weight is 499 g/mol. The third-order valence-electron chi connectivity index (χ3n) is 6.85. The maximum atomic E-state index is 13.2. The van der Waals surface area contributed by atoms with Crippen LogP contribution in [0.15, 0.2) is 46.9 Å². The smallest absolute Gasteiger partial charge is 0.273 e. The summed E-state index contributed by atoms with van der Waals surface area (Å²) < 4.78 is 6.48. The van der Waals surface area contributed by atoms with E-state index in [0.29, 0.717) is 5.56 Å². The number of nitro groups is 1. The van der Waals surface area contributed by atoms with E-state index in [9.17, 15) is 24.5 Å². The molecule has 9 heteroatoms. The van der Waals surface area contributed by atoms with Crippen LogP contribution in [-0.2, 0) is 9.59 Å². The molecule has 2 aromatic carbocycles. The number of ether oxygens (including phenoxy) is 1. The zero-order valence-electron chi connectivity index (χ0n) is 16.9. The second-order valence-electron chi connectivity index (χ2n) is 8.52. The highest BCUT2D eigenvalue weighted by molar-refractivity contribution is 9.10. The Morgan fingerprint density at radius 1 is 1.06 bits per heavy atom. The van der Waals surface area contributed by atoms with E-state index in [0.717, 1.165) is 34.7 Å². The van der Waals surface area contributed by atoms with Gasteiger partial charge in [-0.2, -0.15) is 0 Å². The van der Waals surface area contributed by atoms with Crippen molar-refractivity contribution in [3.05, 3.63) is 62.6 Å². The Morgan fingerprint density at radius 2 is 1.69 bits per heavy atom. The second kappa shape index (κ2) is 7.81. The molecule has 3 fully saturated rings. The van der Waals surface area contributed by atoms with E-state index < -0.39 is 4.92 Å². The molecule has 0 spiro atoms. The number of Topliss-reactive ketones (excluding diaryl/α,β-unsaturated/α-hetero) is 1. The molecule has 2 bridgehead atoms. The minimum atomic E-state index is -0.588. The molecule has 5 rings (SSSR count). The zero-order chi connectivity index (χ0) is 22.6. The van der Waals surface area contributed by atoms with Crippen LogP contribution in [0.4, 0.5) is 11.4 Å². The molecule has 4 atom stereocenters. The maximum absolute atomic E-state index is 13.2. The van der Waals surface area contributed by atoms with Crippen LogP contribution in [0.2, 0.25) is 0 Å². The van der Waals surface area contributed by atoms with Gasteiger partial charge in [0.05, 0.1) is 28.5 Å². The van der Waals surface area contributed by atoms with E-state index >= 15 is 0 Å². The highest BCUT2D eigenvalue weighted by atomic mass is 79.9. The lowest BCUT2D eigenvalue weighted by Gasteiger charge is -2.20. The van der Waals surface area contributed by atoms with Gasteiger partial charge in [-0.05, 0) is 49.3 Å². The molecule has 1 heterocycles. The predicted molar refractivity (Wildman–Crippen MR) is 117 cm³/mol. The van der Waals surface area contributed by atoms with Gasteiger partial charge in [-0.15, -0.1) is 0 Å². The summed E-state index contributed by atoms with van der Waals surface area (Å²) in [5.41, 5.74) is 0.321. The van der Waals surface area contributed by atoms with Crippen LogP contribution in [0.3, 0.4) is 0 Å². The molecule has 0 N–H and O–H groups in total. The molecular formula is C23H19BrN2O6. The summed E-state index contributed by atoms with van der Waals surface area (Å²) in [7, 11) is 0. The lowest BCUT2D eigenvalue weighted by Crippen LogP contribution is -2.33. The molecule has 4 unspecified atom stereocenters. The summed E-state index contributed by atoms with van der Waals surface area (Å²) >= 11 is 3.31. The van der Waals surface area contributed by atoms with Gasteiger partial charge in [-0.3, -0.25) is 24.5 Å². The number of nitro benzene ring substituents is 1. The van der Waals surface area contributed by atoms with Crippen molar-refractivity contribution in [1.82, 2.24) is 0 Å². The molecule has 1 saturated heterocycles. The van der Waals surface area contributed by atoms with Gasteiger partial charge in [-0.25, -0.2) is 4.90 Å². The summed E-state index contributed by atoms with van der Waals surface area (Å²) in [6.45, 7) is -0.385. The first kappa shape index (κ1) is 20.8. The number of amides is 2. The van der Waals surface area contributed by atoms with E-state index in [1.165, 1.54) is 12.1 Å². The summed E-state index contributed by atoms with van der Waals surface area (Å²) in [5, 5.41) is 11.3. The van der Waals surface area contributed by atoms with Crippen LogP contribution >= 0.6 is 15.9 Å². The number of carbonyl (C=O) groups excluding carboxylic acids is 3. The molecule has 0 aromatic heterocycles. The number of rotatable bonds is 6. The van der Waals surface area contributed by atoms with Gasteiger partial charge in [0.25, 0.3) is 5.69 Å². The molecule has 3 aliphatic rings. The molecule has 2 amide bonds. The standard InChI is InChI=1S/C23H19BrN2O6/c24-15-5-3-12(4-6-15)18(27)11-32-19-10-16(26(30)31)7-8-17(19)25-22(28)20-13-1-2-14(9-13)21(20)23(25)29/h3-8,10,13-14,20-21H,1-2,9,11H2. The third kappa shape index (κ3) is 3.31. The fourth-order valence-electron chi connectivity index (χ4n) is 5.43. The Balaban J connectivity index is 1.44. The monoisotopic (exact) mass is 498 g/mol. The largest absolute Gasteiger partial charge is 0.483 e. The van der Waals surface area contributed by atoms with Gasteiger partial charge >= 0.3 is 0 Å². The van der Waals surface area contributed by atoms with Crippen LogP contribution in [0, 0.1) is 33.8 Å². The Bertz CT molecular complexity index is 1120. The SMILES string of the molecule is O=C(COc1cc([N+](=O)[O-])ccc1N1C(=O)C2C3CCC(C3)C2C1=O)c1ccc(Br)cc1. The molecule has 2 saturated carbocycles. The number of fused-ring (bicyclic) bond motifs is 5. The van der Waals surface area contributed by atoms with Gasteiger partial charge < -0.3 is 4.74 Å². The van der Waals surface area contributed by atoms with Crippen molar-refractivity contribution < 1.29 is 24.0 Å². The first-order valence-corrected chi connectivity index (χ1v) is 11.2. The summed E-state index contributed by atoms with van der Waals surface area (Å²) in [6, 6.07) is 10.5. The minimum Gasteiger partial charge on any atom is -0.483 e. The number of benzene rings is 2. The number of ketones is 1. The highest BCUT2D eigenvalue weighted by Gasteiger charge is 2.61. The van der Waals surface area contributed by atoms with Crippen molar-refractivity contribution in [2.45, 2.75) is 19.3 Å². The van der Waals surface area contributed by atoms with Crippen LogP contribution in [-0.4, -0.2) is 29.1 Å². The number of carbonyl (C=O) groups is 3. The van der Waals surface area contributed by atoms with Crippen molar-refractivity contribution in [2.24, 2.45) is 23.7 Å². The van der Waals surface area contributed by atoms with Crippen molar-refractivity contribution in [3.8, 4) is 5.75 Å². The topological polar surface area (TPSA) is 107 Å². The summed E-state index contributed by atoms with van der Waals surface area (Å²) in [4.78, 5) is 50.7.